The van der Waals surface area contributed by atoms with Crippen LogP contribution in [0.25, 0.3) is 0 Å². The molecule has 0 saturated heterocycles. The van der Waals surface area contributed by atoms with Crippen LogP contribution in [0.2, 0.25) is 10.0 Å². The maximum absolute atomic E-state index is 6.42. The molecule has 100 valence electrons. The zero-order chi connectivity index (χ0) is 13.8. The van der Waals surface area contributed by atoms with Crippen molar-refractivity contribution in [2.45, 2.75) is 11.8 Å². The lowest BCUT2D eigenvalue weighted by atomic mass is 10.0. The standard InChI is InChI=1S/C15H13Cl3O/c1-19-15-7-4-11(9-14(15)18)13(17)8-10-2-5-12(16)6-3-10/h2-7,9,13H,8H2,1H3. The smallest absolute Gasteiger partial charge is 0.137 e. The molecule has 0 saturated carbocycles. The summed E-state index contributed by atoms with van der Waals surface area (Å²) in [6.45, 7) is 0. The molecule has 0 fully saturated rings. The number of alkyl halides is 1. The molecular weight excluding hydrogens is 303 g/mol. The van der Waals surface area contributed by atoms with Crippen LogP contribution in [-0.4, -0.2) is 7.11 Å². The fourth-order valence-electron chi connectivity index (χ4n) is 1.82. The molecule has 4 heteroatoms. The highest BCUT2D eigenvalue weighted by Gasteiger charge is 2.11. The Labute approximate surface area is 128 Å². The lowest BCUT2D eigenvalue weighted by molar-refractivity contribution is 0.415. The van der Waals surface area contributed by atoms with E-state index in [1.54, 1.807) is 7.11 Å². The van der Waals surface area contributed by atoms with Crippen LogP contribution in [0.15, 0.2) is 42.5 Å². The van der Waals surface area contributed by atoms with Crippen LogP contribution in [0.1, 0.15) is 16.5 Å². The molecule has 0 heterocycles. The molecule has 0 amide bonds. The van der Waals surface area contributed by atoms with E-state index in [-0.39, 0.29) is 5.38 Å². The summed E-state index contributed by atoms with van der Waals surface area (Å²) in [6, 6.07) is 13.3. The van der Waals surface area contributed by atoms with Gasteiger partial charge < -0.3 is 4.74 Å². The molecule has 0 radical (unpaired) electrons. The Morgan fingerprint density at radius 3 is 2.32 bits per heavy atom. The molecule has 0 bridgehead atoms. The van der Waals surface area contributed by atoms with Gasteiger partial charge in [0, 0.05) is 5.02 Å². The Balaban J connectivity index is 2.13. The third-order valence-corrected chi connectivity index (χ3v) is 3.82. The van der Waals surface area contributed by atoms with Crippen LogP contribution >= 0.6 is 34.8 Å². The van der Waals surface area contributed by atoms with Crippen molar-refractivity contribution in [1.29, 1.82) is 0 Å². The van der Waals surface area contributed by atoms with E-state index in [9.17, 15) is 0 Å². The second kappa shape index (κ2) is 6.51. The van der Waals surface area contributed by atoms with E-state index in [1.165, 1.54) is 0 Å². The van der Waals surface area contributed by atoms with Gasteiger partial charge >= 0.3 is 0 Å². The predicted octanol–water partition coefficient (Wildman–Crippen LogP) is 5.52. The predicted molar refractivity (Wildman–Crippen MR) is 81.8 cm³/mol. The third-order valence-electron chi connectivity index (χ3n) is 2.87. The molecule has 0 aliphatic heterocycles. The van der Waals surface area contributed by atoms with Gasteiger partial charge in [0.05, 0.1) is 17.5 Å². The summed E-state index contributed by atoms with van der Waals surface area (Å²) >= 11 is 18.4. The number of benzene rings is 2. The quantitative estimate of drug-likeness (QED) is 0.675. The molecule has 2 aromatic rings. The summed E-state index contributed by atoms with van der Waals surface area (Å²) in [7, 11) is 1.59. The summed E-state index contributed by atoms with van der Waals surface area (Å²) in [6.07, 6.45) is 0.724. The van der Waals surface area contributed by atoms with E-state index in [0.717, 1.165) is 22.6 Å². The van der Waals surface area contributed by atoms with Crippen molar-refractivity contribution < 1.29 is 4.74 Å². The van der Waals surface area contributed by atoms with E-state index < -0.39 is 0 Å². The lowest BCUT2D eigenvalue weighted by Crippen LogP contribution is -1.96. The number of ether oxygens (including phenoxy) is 1. The van der Waals surface area contributed by atoms with Gasteiger partial charge in [0.2, 0.25) is 0 Å². The molecular formula is C15H13Cl3O. The second-order valence-corrected chi connectivity index (χ2v) is 5.56. The molecule has 1 atom stereocenters. The fraction of sp³-hybridized carbons (Fsp3) is 0.200. The Hall–Kier alpha value is -0.890. The summed E-state index contributed by atoms with van der Waals surface area (Å²) in [5, 5.41) is 1.16. The maximum Gasteiger partial charge on any atom is 0.137 e. The molecule has 0 aliphatic rings. The van der Waals surface area contributed by atoms with E-state index in [0.29, 0.717) is 10.8 Å². The van der Waals surface area contributed by atoms with Gasteiger partial charge in [-0.25, -0.2) is 0 Å². The Kier molecular flexibility index (Phi) is 4.98. The first-order chi connectivity index (χ1) is 9.10. The normalized spacial score (nSPS) is 12.2. The van der Waals surface area contributed by atoms with Crippen molar-refractivity contribution in [1.82, 2.24) is 0 Å². The minimum absolute atomic E-state index is 0.135. The van der Waals surface area contributed by atoms with Gasteiger partial charge in [0.15, 0.2) is 0 Å². The zero-order valence-corrected chi connectivity index (χ0v) is 12.6. The largest absolute Gasteiger partial charge is 0.495 e. The molecule has 0 aliphatic carbocycles. The van der Waals surface area contributed by atoms with Crippen molar-refractivity contribution in [3.8, 4) is 5.75 Å². The van der Waals surface area contributed by atoms with Crippen molar-refractivity contribution in [3.05, 3.63) is 63.6 Å². The van der Waals surface area contributed by atoms with Crippen molar-refractivity contribution >= 4 is 34.8 Å². The maximum atomic E-state index is 6.42. The number of hydrogen-bond donors (Lipinski definition) is 0. The Morgan fingerprint density at radius 1 is 1.05 bits per heavy atom. The van der Waals surface area contributed by atoms with E-state index in [4.69, 9.17) is 39.5 Å². The van der Waals surface area contributed by atoms with Gasteiger partial charge in [0.1, 0.15) is 5.75 Å². The van der Waals surface area contributed by atoms with Crippen molar-refractivity contribution in [2.75, 3.05) is 7.11 Å². The topological polar surface area (TPSA) is 9.23 Å². The minimum atomic E-state index is -0.135. The third kappa shape index (κ3) is 3.79. The van der Waals surface area contributed by atoms with E-state index >= 15 is 0 Å². The van der Waals surface area contributed by atoms with Crippen LogP contribution in [0.4, 0.5) is 0 Å². The SMILES string of the molecule is COc1ccc(C(Cl)Cc2ccc(Cl)cc2)cc1Cl. The van der Waals surface area contributed by atoms with Gasteiger partial charge in [-0.2, -0.15) is 0 Å². The number of methoxy groups -OCH3 is 1. The second-order valence-electron chi connectivity index (χ2n) is 4.19. The zero-order valence-electron chi connectivity index (χ0n) is 10.4. The van der Waals surface area contributed by atoms with Gasteiger partial charge in [-0.15, -0.1) is 11.6 Å². The summed E-state index contributed by atoms with van der Waals surface area (Å²) in [4.78, 5) is 0. The average molecular weight is 316 g/mol. The van der Waals surface area contributed by atoms with E-state index in [2.05, 4.69) is 0 Å². The van der Waals surface area contributed by atoms with Gasteiger partial charge in [-0.3, -0.25) is 0 Å². The highest BCUT2D eigenvalue weighted by atomic mass is 35.5. The van der Waals surface area contributed by atoms with Crippen LogP contribution < -0.4 is 4.74 Å². The van der Waals surface area contributed by atoms with Crippen LogP contribution in [0.5, 0.6) is 5.75 Å². The first-order valence-electron chi connectivity index (χ1n) is 5.82. The molecule has 0 aromatic heterocycles. The highest BCUT2D eigenvalue weighted by Crippen LogP contribution is 2.32. The van der Waals surface area contributed by atoms with Gasteiger partial charge in [-0.05, 0) is 41.8 Å². The van der Waals surface area contributed by atoms with Crippen LogP contribution in [0.3, 0.4) is 0 Å². The lowest BCUT2D eigenvalue weighted by Gasteiger charge is -2.12. The summed E-state index contributed by atoms with van der Waals surface area (Å²) < 4.78 is 5.12. The Morgan fingerprint density at radius 2 is 1.74 bits per heavy atom. The van der Waals surface area contributed by atoms with Gasteiger partial charge in [-0.1, -0.05) is 41.4 Å². The average Bonchev–Trinajstić information content (AvgIpc) is 2.41. The first-order valence-corrected chi connectivity index (χ1v) is 7.01. The number of hydrogen-bond acceptors (Lipinski definition) is 1. The molecule has 0 spiro atoms. The first kappa shape index (κ1) is 14.5. The van der Waals surface area contributed by atoms with E-state index in [1.807, 2.05) is 42.5 Å². The molecule has 0 N–H and O–H groups in total. The molecule has 2 aromatic carbocycles. The fourth-order valence-corrected chi connectivity index (χ4v) is 2.53. The van der Waals surface area contributed by atoms with Gasteiger partial charge in [0.25, 0.3) is 0 Å². The van der Waals surface area contributed by atoms with Crippen LogP contribution in [0, 0.1) is 0 Å². The molecule has 1 nitrogen and oxygen atoms in total. The Bertz CT molecular complexity index is 552. The molecule has 1 unspecified atom stereocenters. The molecule has 19 heavy (non-hydrogen) atoms. The van der Waals surface area contributed by atoms with Crippen LogP contribution in [-0.2, 0) is 6.42 Å². The molecule has 2 rings (SSSR count). The number of halogens is 3. The van der Waals surface area contributed by atoms with Crippen molar-refractivity contribution in [3.63, 3.8) is 0 Å². The highest BCUT2D eigenvalue weighted by molar-refractivity contribution is 6.32. The van der Waals surface area contributed by atoms with Crippen molar-refractivity contribution in [2.24, 2.45) is 0 Å². The number of rotatable bonds is 4. The summed E-state index contributed by atoms with van der Waals surface area (Å²) in [5.74, 6) is 0.653. The summed E-state index contributed by atoms with van der Waals surface area (Å²) in [5.41, 5.74) is 2.11. The monoisotopic (exact) mass is 314 g/mol. The minimum Gasteiger partial charge on any atom is -0.495 e.